The van der Waals surface area contributed by atoms with E-state index in [1.54, 1.807) is 6.08 Å². The molecule has 0 heterocycles. The summed E-state index contributed by atoms with van der Waals surface area (Å²) in [5.74, 6) is -1.10. The summed E-state index contributed by atoms with van der Waals surface area (Å²) < 4.78 is 0. The Kier molecular flexibility index (Phi) is 14.1. The summed E-state index contributed by atoms with van der Waals surface area (Å²) >= 11 is 1.54. The molecule has 0 aliphatic rings. The number of carbonyl (C=O) groups is 2. The standard InChI is InChI=1S/C30H36O5S/c31-27(20-22-30(34)35)28(36-23-9-3-8-14-29(32)33)21-19-26-17-15-25(16-18-26)13-7-2-6-12-24-10-4-1-5-11-24/h1-5,7-8,10-11,15-19,21,27-28,31H,6,9,12-14,20,22-23H2,(H,32,33)(H,34,35)/b7-2-,8-3+,21-19-. The Hall–Kier alpha value is -3.09. The molecule has 0 fully saturated rings. The molecular formula is C30H36O5S. The minimum absolute atomic E-state index is 0.00525. The summed E-state index contributed by atoms with van der Waals surface area (Å²) in [5.41, 5.74) is 3.59. The van der Waals surface area contributed by atoms with Gasteiger partial charge in [0.05, 0.1) is 12.5 Å². The molecule has 0 saturated heterocycles. The molecule has 0 aliphatic heterocycles. The minimum atomic E-state index is -0.928. The quantitative estimate of drug-likeness (QED) is 0.174. The van der Waals surface area contributed by atoms with Crippen molar-refractivity contribution >= 4 is 29.8 Å². The van der Waals surface area contributed by atoms with E-state index >= 15 is 0 Å². The molecule has 3 N–H and O–H groups in total. The van der Waals surface area contributed by atoms with Crippen molar-refractivity contribution in [3.8, 4) is 0 Å². The van der Waals surface area contributed by atoms with Crippen LogP contribution in [0.2, 0.25) is 0 Å². The van der Waals surface area contributed by atoms with Crippen LogP contribution in [0, 0.1) is 0 Å². The van der Waals surface area contributed by atoms with Crippen molar-refractivity contribution in [1.82, 2.24) is 0 Å². The Morgan fingerprint density at radius 3 is 2.25 bits per heavy atom. The number of aliphatic hydroxyl groups is 1. The molecule has 0 saturated carbocycles. The van der Waals surface area contributed by atoms with Gasteiger partial charge in [-0.05, 0) is 54.5 Å². The molecular weight excluding hydrogens is 472 g/mol. The van der Waals surface area contributed by atoms with Crippen LogP contribution in [0.5, 0.6) is 0 Å². The molecule has 0 aromatic heterocycles. The molecule has 0 aliphatic carbocycles. The topological polar surface area (TPSA) is 94.8 Å². The van der Waals surface area contributed by atoms with E-state index in [0.717, 1.165) is 24.8 Å². The molecule has 192 valence electrons. The second kappa shape index (κ2) is 17.4. The molecule has 0 spiro atoms. The van der Waals surface area contributed by atoms with Gasteiger partial charge in [0.1, 0.15) is 0 Å². The van der Waals surface area contributed by atoms with Gasteiger partial charge < -0.3 is 15.3 Å². The predicted octanol–water partition coefficient (Wildman–Crippen LogP) is 6.18. The lowest BCUT2D eigenvalue weighted by molar-refractivity contribution is -0.138. The third-order valence-electron chi connectivity index (χ3n) is 5.51. The van der Waals surface area contributed by atoms with E-state index in [1.807, 2.05) is 36.4 Å². The van der Waals surface area contributed by atoms with Crippen LogP contribution < -0.4 is 0 Å². The van der Waals surface area contributed by atoms with Gasteiger partial charge in [-0.3, -0.25) is 9.59 Å². The molecule has 2 atom stereocenters. The molecule has 6 heteroatoms. The van der Waals surface area contributed by atoms with Gasteiger partial charge in [-0.2, -0.15) is 11.8 Å². The Morgan fingerprint density at radius 2 is 1.56 bits per heavy atom. The van der Waals surface area contributed by atoms with Gasteiger partial charge in [0.25, 0.3) is 0 Å². The lowest BCUT2D eigenvalue weighted by Crippen LogP contribution is -2.22. The van der Waals surface area contributed by atoms with Crippen LogP contribution in [-0.2, 0) is 22.4 Å². The number of hydrogen-bond acceptors (Lipinski definition) is 4. The van der Waals surface area contributed by atoms with Crippen LogP contribution in [-0.4, -0.2) is 44.4 Å². The number of aryl methyl sites for hydroxylation is 1. The highest BCUT2D eigenvalue weighted by Gasteiger charge is 2.17. The molecule has 2 aromatic carbocycles. The molecule has 0 bridgehead atoms. The first-order chi connectivity index (χ1) is 17.4. The van der Waals surface area contributed by atoms with Crippen molar-refractivity contribution in [2.75, 3.05) is 5.75 Å². The van der Waals surface area contributed by atoms with Crippen LogP contribution in [0.15, 0.2) is 85.0 Å². The van der Waals surface area contributed by atoms with Crippen LogP contribution in [0.25, 0.3) is 6.08 Å². The molecule has 2 rings (SSSR count). The van der Waals surface area contributed by atoms with Crippen LogP contribution in [0.1, 0.15) is 48.8 Å². The first kappa shape index (κ1) is 29.1. The highest BCUT2D eigenvalue weighted by Crippen LogP contribution is 2.22. The van der Waals surface area contributed by atoms with Crippen molar-refractivity contribution in [2.24, 2.45) is 0 Å². The van der Waals surface area contributed by atoms with Gasteiger partial charge in [-0.25, -0.2) is 0 Å². The average Bonchev–Trinajstić information content (AvgIpc) is 2.87. The van der Waals surface area contributed by atoms with Gasteiger partial charge in [0.15, 0.2) is 0 Å². The van der Waals surface area contributed by atoms with E-state index in [9.17, 15) is 14.7 Å². The van der Waals surface area contributed by atoms with E-state index in [-0.39, 0.29) is 24.5 Å². The van der Waals surface area contributed by atoms with Crippen LogP contribution in [0.3, 0.4) is 0 Å². The summed E-state index contributed by atoms with van der Waals surface area (Å²) in [6.45, 7) is 0. The number of aliphatic carboxylic acids is 2. The molecule has 2 unspecified atom stereocenters. The maximum atomic E-state index is 10.9. The monoisotopic (exact) mass is 508 g/mol. The van der Waals surface area contributed by atoms with Crippen molar-refractivity contribution in [2.45, 2.75) is 56.3 Å². The third-order valence-corrected chi connectivity index (χ3v) is 6.84. The number of allylic oxidation sites excluding steroid dienone is 3. The van der Waals surface area contributed by atoms with Crippen LogP contribution in [0.4, 0.5) is 0 Å². The number of aliphatic hydroxyl groups excluding tert-OH is 1. The lowest BCUT2D eigenvalue weighted by atomic mass is 10.1. The number of rotatable bonds is 17. The summed E-state index contributed by atoms with van der Waals surface area (Å²) in [6, 6.07) is 18.7. The third kappa shape index (κ3) is 13.1. The zero-order chi connectivity index (χ0) is 26.0. The highest BCUT2D eigenvalue weighted by atomic mass is 32.2. The second-order valence-electron chi connectivity index (χ2n) is 8.49. The minimum Gasteiger partial charge on any atom is -0.481 e. The summed E-state index contributed by atoms with van der Waals surface area (Å²) in [5, 5.41) is 27.9. The lowest BCUT2D eigenvalue weighted by Gasteiger charge is -2.18. The van der Waals surface area contributed by atoms with Gasteiger partial charge in [-0.15, -0.1) is 0 Å². The Balaban J connectivity index is 1.85. The number of hydrogen-bond donors (Lipinski definition) is 3. The maximum Gasteiger partial charge on any atom is 0.307 e. The van der Waals surface area contributed by atoms with Crippen molar-refractivity contribution < 1.29 is 24.9 Å². The number of benzene rings is 2. The van der Waals surface area contributed by atoms with E-state index < -0.39 is 18.0 Å². The zero-order valence-electron chi connectivity index (χ0n) is 20.5. The summed E-state index contributed by atoms with van der Waals surface area (Å²) in [6.07, 6.45) is 14.7. The molecule has 0 radical (unpaired) electrons. The van der Waals surface area contributed by atoms with Crippen LogP contribution >= 0.6 is 11.8 Å². The Bertz CT molecular complexity index is 996. The van der Waals surface area contributed by atoms with Crippen molar-refractivity contribution in [1.29, 1.82) is 0 Å². The van der Waals surface area contributed by atoms with Gasteiger partial charge in [0.2, 0.25) is 0 Å². The number of carboxylic acids is 2. The van der Waals surface area contributed by atoms with E-state index in [2.05, 4.69) is 48.6 Å². The van der Waals surface area contributed by atoms with Gasteiger partial charge in [0, 0.05) is 11.7 Å². The maximum absolute atomic E-state index is 10.9. The Labute approximate surface area is 218 Å². The fraction of sp³-hybridized carbons (Fsp3) is 0.333. The molecule has 5 nitrogen and oxygen atoms in total. The largest absolute Gasteiger partial charge is 0.481 e. The fourth-order valence-electron chi connectivity index (χ4n) is 3.51. The highest BCUT2D eigenvalue weighted by molar-refractivity contribution is 8.00. The van der Waals surface area contributed by atoms with E-state index in [4.69, 9.17) is 10.2 Å². The molecule has 36 heavy (non-hydrogen) atoms. The van der Waals surface area contributed by atoms with Gasteiger partial charge in [-0.1, -0.05) is 91.1 Å². The van der Waals surface area contributed by atoms with E-state index in [1.165, 1.54) is 22.9 Å². The average molecular weight is 509 g/mol. The Morgan fingerprint density at radius 1 is 0.833 bits per heavy atom. The number of carboxylic acid groups (broad SMARTS) is 2. The summed E-state index contributed by atoms with van der Waals surface area (Å²) in [7, 11) is 0. The van der Waals surface area contributed by atoms with Gasteiger partial charge >= 0.3 is 11.9 Å². The normalized spacial score (nSPS) is 13.5. The molecule has 0 amide bonds. The second-order valence-corrected chi connectivity index (χ2v) is 9.78. The fourth-order valence-corrected chi connectivity index (χ4v) is 4.60. The van der Waals surface area contributed by atoms with E-state index in [0.29, 0.717) is 12.2 Å². The first-order valence-corrected chi connectivity index (χ1v) is 13.3. The first-order valence-electron chi connectivity index (χ1n) is 12.3. The predicted molar refractivity (Wildman–Crippen MR) is 148 cm³/mol. The SMILES string of the molecule is O=C(O)C/C=C/CCSC(/C=C\c1ccc(C/C=C\CCc2ccccc2)cc1)C(O)CCC(=O)O. The summed E-state index contributed by atoms with van der Waals surface area (Å²) in [4.78, 5) is 21.5. The number of thioether (sulfide) groups is 1. The molecule has 2 aromatic rings. The van der Waals surface area contributed by atoms with Crippen molar-refractivity contribution in [3.05, 3.63) is 102 Å². The smallest absolute Gasteiger partial charge is 0.307 e. The van der Waals surface area contributed by atoms with Crippen molar-refractivity contribution in [3.63, 3.8) is 0 Å². The zero-order valence-corrected chi connectivity index (χ0v) is 21.4.